The van der Waals surface area contributed by atoms with E-state index >= 15 is 0 Å². The number of benzene rings is 1. The number of aryl methyl sites for hydroxylation is 1. The number of anilines is 1. The molecule has 1 N–H and O–H groups in total. The number of halogens is 1. The molecule has 0 saturated heterocycles. The number of rotatable bonds is 4. The van der Waals surface area contributed by atoms with Crippen molar-refractivity contribution in [3.63, 3.8) is 0 Å². The Bertz CT molecular complexity index is 451. The summed E-state index contributed by atoms with van der Waals surface area (Å²) in [5.74, 6) is 0. The topological polar surface area (TPSA) is 12.0 Å². The average molecular weight is 252 g/mol. The Hall–Kier alpha value is -0.990. The fourth-order valence-electron chi connectivity index (χ4n) is 1.55. The summed E-state index contributed by atoms with van der Waals surface area (Å²) in [6.45, 7) is 2.99. The smallest absolute Gasteiger partial charge is 0.0637 e. The highest BCUT2D eigenvalue weighted by Gasteiger charge is 2.00. The van der Waals surface area contributed by atoms with Gasteiger partial charge in [0.15, 0.2) is 0 Å². The van der Waals surface area contributed by atoms with Crippen molar-refractivity contribution in [3.05, 3.63) is 51.2 Å². The second-order valence-corrected chi connectivity index (χ2v) is 5.18. The lowest BCUT2D eigenvalue weighted by atomic mass is 10.2. The van der Waals surface area contributed by atoms with E-state index in [0.717, 1.165) is 23.7 Å². The first-order chi connectivity index (χ1) is 7.75. The Morgan fingerprint density at radius 2 is 2.19 bits per heavy atom. The van der Waals surface area contributed by atoms with Crippen LogP contribution in [-0.4, -0.2) is 6.54 Å². The zero-order valence-corrected chi connectivity index (χ0v) is 10.7. The summed E-state index contributed by atoms with van der Waals surface area (Å²) in [5, 5.41) is 6.26. The van der Waals surface area contributed by atoms with Crippen LogP contribution in [0.25, 0.3) is 0 Å². The minimum atomic E-state index is 0.789. The maximum absolute atomic E-state index is 6.10. The van der Waals surface area contributed by atoms with Crippen molar-refractivity contribution in [1.82, 2.24) is 0 Å². The normalized spacial score (nSPS) is 10.4. The summed E-state index contributed by atoms with van der Waals surface area (Å²) in [5.41, 5.74) is 2.25. The van der Waals surface area contributed by atoms with Gasteiger partial charge in [0.25, 0.3) is 0 Å². The van der Waals surface area contributed by atoms with Gasteiger partial charge in [0, 0.05) is 11.4 Å². The van der Waals surface area contributed by atoms with Crippen LogP contribution in [-0.2, 0) is 6.42 Å². The van der Waals surface area contributed by atoms with Gasteiger partial charge in [-0.3, -0.25) is 0 Å². The molecule has 0 aliphatic rings. The number of thiophene rings is 1. The Morgan fingerprint density at radius 3 is 2.94 bits per heavy atom. The molecule has 0 atom stereocenters. The van der Waals surface area contributed by atoms with Gasteiger partial charge in [-0.15, -0.1) is 11.3 Å². The molecule has 2 rings (SSSR count). The number of hydrogen-bond acceptors (Lipinski definition) is 2. The van der Waals surface area contributed by atoms with Crippen LogP contribution < -0.4 is 5.32 Å². The number of nitrogens with one attached hydrogen (secondary N) is 1. The lowest BCUT2D eigenvalue weighted by molar-refractivity contribution is 1.04. The molecule has 0 radical (unpaired) electrons. The van der Waals surface area contributed by atoms with Crippen molar-refractivity contribution in [1.29, 1.82) is 0 Å². The zero-order chi connectivity index (χ0) is 11.4. The Balaban J connectivity index is 1.92. The molecule has 0 spiro atoms. The molecule has 3 heteroatoms. The van der Waals surface area contributed by atoms with E-state index in [0.29, 0.717) is 0 Å². The lowest BCUT2D eigenvalue weighted by Gasteiger charge is -2.08. The van der Waals surface area contributed by atoms with Crippen LogP contribution in [0.1, 0.15) is 10.4 Å². The van der Waals surface area contributed by atoms with E-state index in [1.165, 1.54) is 10.4 Å². The van der Waals surface area contributed by atoms with Crippen LogP contribution in [0, 0.1) is 6.92 Å². The van der Waals surface area contributed by atoms with Crippen LogP contribution in [0.2, 0.25) is 5.02 Å². The average Bonchev–Trinajstić information content (AvgIpc) is 2.76. The molecule has 1 aromatic carbocycles. The zero-order valence-electron chi connectivity index (χ0n) is 9.16. The van der Waals surface area contributed by atoms with Gasteiger partial charge >= 0.3 is 0 Å². The summed E-state index contributed by atoms with van der Waals surface area (Å²) in [7, 11) is 0. The molecule has 1 aromatic heterocycles. The van der Waals surface area contributed by atoms with E-state index in [1.54, 1.807) is 11.3 Å². The SMILES string of the molecule is Cc1ccc(Cl)c(NCCc2cccs2)c1. The standard InChI is InChI=1S/C13H14ClNS/c1-10-4-5-12(14)13(9-10)15-7-6-11-3-2-8-16-11/h2-5,8-9,15H,6-7H2,1H3. The maximum atomic E-state index is 6.10. The molecule has 16 heavy (non-hydrogen) atoms. The molecule has 0 aliphatic carbocycles. The monoisotopic (exact) mass is 251 g/mol. The van der Waals surface area contributed by atoms with E-state index in [2.05, 4.69) is 35.8 Å². The van der Waals surface area contributed by atoms with Crippen LogP contribution in [0.3, 0.4) is 0 Å². The predicted octanol–water partition coefficient (Wildman–Crippen LogP) is 4.36. The van der Waals surface area contributed by atoms with Gasteiger partial charge in [-0.1, -0.05) is 23.7 Å². The van der Waals surface area contributed by atoms with Crippen LogP contribution >= 0.6 is 22.9 Å². The molecule has 1 heterocycles. The molecule has 1 nitrogen and oxygen atoms in total. The van der Waals surface area contributed by atoms with E-state index < -0.39 is 0 Å². The lowest BCUT2D eigenvalue weighted by Crippen LogP contribution is -2.04. The molecule has 0 bridgehead atoms. The van der Waals surface area contributed by atoms with Crippen molar-refractivity contribution in [2.45, 2.75) is 13.3 Å². The quantitative estimate of drug-likeness (QED) is 0.851. The minimum Gasteiger partial charge on any atom is -0.383 e. The third kappa shape index (κ3) is 3.00. The fourth-order valence-corrected chi connectivity index (χ4v) is 2.44. The van der Waals surface area contributed by atoms with Gasteiger partial charge in [-0.2, -0.15) is 0 Å². The fraction of sp³-hybridized carbons (Fsp3) is 0.231. The van der Waals surface area contributed by atoms with Gasteiger partial charge in [0.2, 0.25) is 0 Å². The predicted molar refractivity (Wildman–Crippen MR) is 72.7 cm³/mol. The molecule has 0 fully saturated rings. The maximum Gasteiger partial charge on any atom is 0.0637 e. The molecule has 84 valence electrons. The van der Waals surface area contributed by atoms with Crippen molar-refractivity contribution < 1.29 is 0 Å². The van der Waals surface area contributed by atoms with E-state index in [-0.39, 0.29) is 0 Å². The molecule has 0 saturated carbocycles. The van der Waals surface area contributed by atoms with Crippen LogP contribution in [0.4, 0.5) is 5.69 Å². The van der Waals surface area contributed by atoms with Gasteiger partial charge in [0.1, 0.15) is 0 Å². The highest BCUT2D eigenvalue weighted by atomic mass is 35.5. The summed E-state index contributed by atoms with van der Waals surface area (Å²) in [4.78, 5) is 1.40. The van der Waals surface area contributed by atoms with Crippen molar-refractivity contribution in [3.8, 4) is 0 Å². The minimum absolute atomic E-state index is 0.789. The highest BCUT2D eigenvalue weighted by Crippen LogP contribution is 2.22. The summed E-state index contributed by atoms with van der Waals surface area (Å²) in [6.07, 6.45) is 1.04. The molecule has 2 aromatic rings. The summed E-state index contributed by atoms with van der Waals surface area (Å²) in [6, 6.07) is 10.3. The van der Waals surface area contributed by atoms with E-state index in [4.69, 9.17) is 11.6 Å². The Labute approximate surface area is 105 Å². The molecule has 0 unspecified atom stereocenters. The first kappa shape index (κ1) is 11.5. The molecular weight excluding hydrogens is 238 g/mol. The van der Waals surface area contributed by atoms with Crippen molar-refractivity contribution in [2.24, 2.45) is 0 Å². The Morgan fingerprint density at radius 1 is 1.31 bits per heavy atom. The largest absolute Gasteiger partial charge is 0.383 e. The third-order valence-corrected chi connectivity index (χ3v) is 3.65. The van der Waals surface area contributed by atoms with Crippen molar-refractivity contribution in [2.75, 3.05) is 11.9 Å². The van der Waals surface area contributed by atoms with Gasteiger partial charge < -0.3 is 5.32 Å². The highest BCUT2D eigenvalue weighted by molar-refractivity contribution is 7.09. The molecule has 0 amide bonds. The Kier molecular flexibility index (Phi) is 3.86. The van der Waals surface area contributed by atoms with Gasteiger partial charge in [-0.05, 0) is 42.5 Å². The van der Waals surface area contributed by atoms with Gasteiger partial charge in [0.05, 0.1) is 10.7 Å². The van der Waals surface area contributed by atoms with Crippen molar-refractivity contribution >= 4 is 28.6 Å². The van der Waals surface area contributed by atoms with Crippen LogP contribution in [0.15, 0.2) is 35.7 Å². The van der Waals surface area contributed by atoms with E-state index in [9.17, 15) is 0 Å². The molecular formula is C13H14ClNS. The molecule has 0 aliphatic heterocycles. The second kappa shape index (κ2) is 5.37. The van der Waals surface area contributed by atoms with Gasteiger partial charge in [-0.25, -0.2) is 0 Å². The summed E-state index contributed by atoms with van der Waals surface area (Å²) >= 11 is 7.89. The third-order valence-electron chi connectivity index (χ3n) is 2.39. The second-order valence-electron chi connectivity index (χ2n) is 3.74. The first-order valence-electron chi connectivity index (χ1n) is 5.28. The first-order valence-corrected chi connectivity index (χ1v) is 6.54. The van der Waals surface area contributed by atoms with Crippen LogP contribution in [0.5, 0.6) is 0 Å². The van der Waals surface area contributed by atoms with E-state index in [1.807, 2.05) is 12.1 Å². The summed E-state index contributed by atoms with van der Waals surface area (Å²) < 4.78 is 0. The number of hydrogen-bond donors (Lipinski definition) is 1.